The summed E-state index contributed by atoms with van der Waals surface area (Å²) in [5.41, 5.74) is 5.27. The molecule has 5 nitrogen and oxygen atoms in total. The first-order valence-electron chi connectivity index (χ1n) is 9.28. The Morgan fingerprint density at radius 1 is 1.14 bits per heavy atom. The molecule has 0 bridgehead atoms. The van der Waals surface area contributed by atoms with E-state index < -0.39 is 0 Å². The van der Waals surface area contributed by atoms with Crippen molar-refractivity contribution in [3.63, 3.8) is 0 Å². The highest BCUT2D eigenvalue weighted by Gasteiger charge is 2.30. The molecule has 0 saturated carbocycles. The zero-order valence-electron chi connectivity index (χ0n) is 16.6. The number of anilines is 1. The average Bonchev–Trinajstić information content (AvgIpc) is 2.64. The highest BCUT2D eigenvalue weighted by atomic mass is 32.1. The summed E-state index contributed by atoms with van der Waals surface area (Å²) in [6.45, 7) is 8.44. The maximum Gasteiger partial charge on any atom is 0.255 e. The van der Waals surface area contributed by atoms with Crippen molar-refractivity contribution >= 4 is 28.9 Å². The summed E-state index contributed by atoms with van der Waals surface area (Å²) in [5, 5.41) is 9.82. The Hall–Kier alpha value is -2.86. The van der Waals surface area contributed by atoms with Gasteiger partial charge in [0.1, 0.15) is 5.75 Å². The number of nitrogens with one attached hydrogen (secondary N) is 3. The molecule has 0 aliphatic carbocycles. The van der Waals surface area contributed by atoms with Crippen LogP contribution >= 0.6 is 12.2 Å². The van der Waals surface area contributed by atoms with Crippen molar-refractivity contribution in [1.29, 1.82) is 0 Å². The number of rotatable bonds is 5. The lowest BCUT2D eigenvalue weighted by atomic mass is 9.94. The third-order valence-electron chi connectivity index (χ3n) is 4.67. The van der Waals surface area contributed by atoms with Crippen LogP contribution in [0, 0.1) is 13.8 Å². The van der Waals surface area contributed by atoms with Gasteiger partial charge in [0.05, 0.1) is 18.2 Å². The van der Waals surface area contributed by atoms with Crippen LogP contribution in [0.25, 0.3) is 0 Å². The van der Waals surface area contributed by atoms with Gasteiger partial charge in [0.15, 0.2) is 5.11 Å². The van der Waals surface area contributed by atoms with E-state index in [1.54, 1.807) is 0 Å². The van der Waals surface area contributed by atoms with E-state index in [0.717, 1.165) is 33.8 Å². The van der Waals surface area contributed by atoms with Crippen LogP contribution in [0.15, 0.2) is 53.7 Å². The number of carbonyl (C=O) groups is 1. The van der Waals surface area contributed by atoms with E-state index in [0.29, 0.717) is 17.3 Å². The SMILES string of the molecule is CCOc1ccc([C@H]2NC(=S)NC(C)=C2C(=O)Nc2ccc(C)cc2C)cc1. The molecule has 146 valence electrons. The third-order valence-corrected chi connectivity index (χ3v) is 4.89. The fraction of sp³-hybridized carbons (Fsp3) is 0.273. The molecule has 1 aliphatic rings. The van der Waals surface area contributed by atoms with Gasteiger partial charge in [0, 0.05) is 11.4 Å². The first kappa shape index (κ1) is 19.9. The lowest BCUT2D eigenvalue weighted by Gasteiger charge is -2.30. The van der Waals surface area contributed by atoms with Crippen LogP contribution in [-0.2, 0) is 4.79 Å². The van der Waals surface area contributed by atoms with Crippen molar-refractivity contribution in [2.45, 2.75) is 33.7 Å². The molecular weight excluding hydrogens is 370 g/mol. The van der Waals surface area contributed by atoms with Gasteiger partial charge in [-0.25, -0.2) is 0 Å². The third kappa shape index (κ3) is 4.34. The van der Waals surface area contributed by atoms with Gasteiger partial charge >= 0.3 is 0 Å². The molecule has 28 heavy (non-hydrogen) atoms. The molecule has 0 radical (unpaired) electrons. The number of amides is 1. The van der Waals surface area contributed by atoms with Gasteiger partial charge in [-0.15, -0.1) is 0 Å². The molecular formula is C22H25N3O2S. The quantitative estimate of drug-likeness (QED) is 0.665. The summed E-state index contributed by atoms with van der Waals surface area (Å²) in [5.74, 6) is 0.635. The zero-order valence-corrected chi connectivity index (χ0v) is 17.4. The van der Waals surface area contributed by atoms with E-state index in [4.69, 9.17) is 17.0 Å². The number of benzene rings is 2. The van der Waals surface area contributed by atoms with Gasteiger partial charge in [-0.3, -0.25) is 4.79 Å². The van der Waals surface area contributed by atoms with Crippen LogP contribution < -0.4 is 20.7 Å². The molecule has 0 aromatic heterocycles. The second-order valence-electron chi connectivity index (χ2n) is 6.84. The average molecular weight is 396 g/mol. The topological polar surface area (TPSA) is 62.4 Å². The Kier molecular flexibility index (Phi) is 5.99. The number of hydrogen-bond acceptors (Lipinski definition) is 3. The summed E-state index contributed by atoms with van der Waals surface area (Å²) >= 11 is 5.32. The summed E-state index contributed by atoms with van der Waals surface area (Å²) < 4.78 is 5.52. The Morgan fingerprint density at radius 3 is 2.50 bits per heavy atom. The Labute approximate surface area is 171 Å². The van der Waals surface area contributed by atoms with Gasteiger partial charge in [0.25, 0.3) is 5.91 Å². The van der Waals surface area contributed by atoms with Gasteiger partial charge < -0.3 is 20.7 Å². The van der Waals surface area contributed by atoms with Crippen LogP contribution in [0.3, 0.4) is 0 Å². The summed E-state index contributed by atoms with van der Waals surface area (Å²) in [6, 6.07) is 13.3. The molecule has 1 aliphatic heterocycles. The van der Waals surface area contributed by atoms with Gasteiger partial charge in [-0.05, 0) is 69.2 Å². The second-order valence-corrected chi connectivity index (χ2v) is 7.25. The molecule has 6 heteroatoms. The van der Waals surface area contributed by atoms with Crippen molar-refractivity contribution in [1.82, 2.24) is 10.6 Å². The lowest BCUT2D eigenvalue weighted by Crippen LogP contribution is -2.45. The standard InChI is InChI=1S/C22H25N3O2S/c1-5-27-17-9-7-16(8-10-17)20-19(15(4)23-22(28)25-20)21(26)24-18-11-6-13(2)12-14(18)3/h6-12,20H,5H2,1-4H3,(H,24,26)(H2,23,25,28)/t20-/m1/s1. The molecule has 0 fully saturated rings. The molecule has 3 N–H and O–H groups in total. The Balaban J connectivity index is 1.91. The molecule has 2 aromatic rings. The largest absolute Gasteiger partial charge is 0.494 e. The zero-order chi connectivity index (χ0) is 20.3. The molecule has 2 aromatic carbocycles. The molecule has 1 heterocycles. The Morgan fingerprint density at radius 2 is 1.86 bits per heavy atom. The van der Waals surface area contributed by atoms with Crippen molar-refractivity contribution in [3.8, 4) is 5.75 Å². The van der Waals surface area contributed by atoms with Crippen LogP contribution in [0.4, 0.5) is 5.69 Å². The van der Waals surface area contributed by atoms with Gasteiger partial charge in [-0.2, -0.15) is 0 Å². The first-order valence-corrected chi connectivity index (χ1v) is 9.69. The highest BCUT2D eigenvalue weighted by molar-refractivity contribution is 7.80. The number of carbonyl (C=O) groups excluding carboxylic acids is 1. The van der Waals surface area contributed by atoms with E-state index in [1.165, 1.54) is 0 Å². The molecule has 1 amide bonds. The number of ether oxygens (including phenoxy) is 1. The molecule has 0 spiro atoms. The van der Waals surface area contributed by atoms with Crippen LogP contribution in [0.2, 0.25) is 0 Å². The van der Waals surface area contributed by atoms with Crippen LogP contribution in [0.5, 0.6) is 5.75 Å². The normalized spacial score (nSPS) is 16.3. The Bertz CT molecular complexity index is 935. The minimum absolute atomic E-state index is 0.161. The minimum Gasteiger partial charge on any atom is -0.494 e. The molecule has 0 unspecified atom stereocenters. The number of thiocarbonyl (C=S) groups is 1. The van der Waals surface area contributed by atoms with Crippen LogP contribution in [0.1, 0.15) is 36.6 Å². The predicted octanol–water partition coefficient (Wildman–Crippen LogP) is 4.13. The smallest absolute Gasteiger partial charge is 0.255 e. The molecule has 3 rings (SSSR count). The minimum atomic E-state index is -0.338. The van der Waals surface area contributed by atoms with Crippen molar-refractivity contribution in [2.24, 2.45) is 0 Å². The number of allylic oxidation sites excluding steroid dienone is 1. The van der Waals surface area contributed by atoms with Crippen molar-refractivity contribution in [3.05, 3.63) is 70.4 Å². The fourth-order valence-electron chi connectivity index (χ4n) is 3.31. The van der Waals surface area contributed by atoms with E-state index in [-0.39, 0.29) is 11.9 Å². The second kappa shape index (κ2) is 8.44. The van der Waals surface area contributed by atoms with E-state index in [2.05, 4.69) is 16.0 Å². The fourth-order valence-corrected chi connectivity index (χ4v) is 3.58. The number of aryl methyl sites for hydroxylation is 2. The molecule has 1 atom stereocenters. The summed E-state index contributed by atoms with van der Waals surface area (Å²) in [4.78, 5) is 13.2. The van der Waals surface area contributed by atoms with Crippen molar-refractivity contribution < 1.29 is 9.53 Å². The predicted molar refractivity (Wildman–Crippen MR) is 116 cm³/mol. The maximum atomic E-state index is 13.2. The number of hydrogen-bond donors (Lipinski definition) is 3. The van der Waals surface area contributed by atoms with Gasteiger partial charge in [0.2, 0.25) is 0 Å². The summed E-state index contributed by atoms with van der Waals surface area (Å²) in [6.07, 6.45) is 0. The first-order chi connectivity index (χ1) is 13.4. The lowest BCUT2D eigenvalue weighted by molar-refractivity contribution is -0.113. The van der Waals surface area contributed by atoms with Crippen molar-refractivity contribution in [2.75, 3.05) is 11.9 Å². The van der Waals surface area contributed by atoms with Gasteiger partial charge in [-0.1, -0.05) is 29.8 Å². The van der Waals surface area contributed by atoms with E-state index in [1.807, 2.05) is 70.2 Å². The van der Waals surface area contributed by atoms with E-state index >= 15 is 0 Å². The summed E-state index contributed by atoms with van der Waals surface area (Å²) in [7, 11) is 0. The molecule has 0 saturated heterocycles. The monoisotopic (exact) mass is 395 g/mol. The van der Waals surface area contributed by atoms with E-state index in [9.17, 15) is 4.79 Å². The highest BCUT2D eigenvalue weighted by Crippen LogP contribution is 2.29. The van der Waals surface area contributed by atoms with Crippen LogP contribution in [-0.4, -0.2) is 17.6 Å². The maximum absolute atomic E-state index is 13.2.